The van der Waals surface area contributed by atoms with Crippen LogP contribution in [0.5, 0.6) is 0 Å². The highest BCUT2D eigenvalue weighted by Gasteiger charge is 2.40. The molecule has 0 spiro atoms. The number of nitro benzene ring substituents is 1. The van der Waals surface area contributed by atoms with Crippen LogP contribution in [0.2, 0.25) is 0 Å². The minimum atomic E-state index is -4.73. The van der Waals surface area contributed by atoms with E-state index in [1.54, 1.807) is 0 Å². The predicted octanol–water partition coefficient (Wildman–Crippen LogP) is 4.21. The van der Waals surface area contributed by atoms with Crippen LogP contribution < -0.4 is 5.32 Å². The Balaban J connectivity index is 2.18. The third-order valence-corrected chi connectivity index (χ3v) is 3.43. The van der Waals surface area contributed by atoms with Gasteiger partial charge in [0.2, 0.25) is 0 Å². The largest absolute Gasteiger partial charge is 0.423 e. The van der Waals surface area contributed by atoms with Gasteiger partial charge in [-0.25, -0.2) is 0 Å². The molecule has 7 heteroatoms. The van der Waals surface area contributed by atoms with Crippen molar-refractivity contribution in [2.75, 3.05) is 5.32 Å². The zero-order valence-electron chi connectivity index (χ0n) is 10.9. The smallest absolute Gasteiger partial charge is 0.382 e. The van der Waals surface area contributed by atoms with E-state index in [2.05, 4.69) is 12.2 Å². The van der Waals surface area contributed by atoms with E-state index in [4.69, 9.17) is 0 Å². The minimum Gasteiger partial charge on any atom is -0.382 e. The zero-order valence-corrected chi connectivity index (χ0v) is 10.9. The lowest BCUT2D eigenvalue weighted by Gasteiger charge is -2.11. The van der Waals surface area contributed by atoms with Gasteiger partial charge in [0.25, 0.3) is 5.69 Å². The SMILES string of the molecule is CCCC1CC1Nc1ccc([N+](=O)[O-])c(C(F)(F)F)c1. The van der Waals surface area contributed by atoms with Gasteiger partial charge in [0.15, 0.2) is 0 Å². The number of alkyl halides is 3. The number of nitrogens with one attached hydrogen (secondary N) is 1. The number of nitrogens with zero attached hydrogens (tertiary/aromatic N) is 1. The van der Waals surface area contributed by atoms with Crippen LogP contribution in [0, 0.1) is 16.0 Å². The molecule has 1 aromatic rings. The summed E-state index contributed by atoms with van der Waals surface area (Å²) in [6, 6.07) is 3.23. The predicted molar refractivity (Wildman–Crippen MR) is 68.5 cm³/mol. The zero-order chi connectivity index (χ0) is 14.9. The lowest BCUT2D eigenvalue weighted by molar-refractivity contribution is -0.388. The molecule has 20 heavy (non-hydrogen) atoms. The van der Waals surface area contributed by atoms with Crippen LogP contribution in [-0.2, 0) is 6.18 Å². The van der Waals surface area contributed by atoms with Gasteiger partial charge in [0.1, 0.15) is 5.56 Å². The molecule has 0 amide bonds. The molecule has 0 aromatic heterocycles. The van der Waals surface area contributed by atoms with E-state index in [0.29, 0.717) is 5.92 Å². The van der Waals surface area contributed by atoms with Crippen LogP contribution in [-0.4, -0.2) is 11.0 Å². The number of hydrogen-bond donors (Lipinski definition) is 1. The van der Waals surface area contributed by atoms with Crippen LogP contribution in [0.3, 0.4) is 0 Å². The summed E-state index contributed by atoms with van der Waals surface area (Å²) in [5, 5.41) is 13.6. The molecule has 0 radical (unpaired) electrons. The van der Waals surface area contributed by atoms with Crippen LogP contribution >= 0.6 is 0 Å². The Kier molecular flexibility index (Phi) is 3.87. The topological polar surface area (TPSA) is 55.2 Å². The number of benzene rings is 1. The molecule has 0 bridgehead atoms. The lowest BCUT2D eigenvalue weighted by atomic mass is 10.1. The number of anilines is 1. The first-order chi connectivity index (χ1) is 9.32. The third-order valence-electron chi connectivity index (χ3n) is 3.43. The minimum absolute atomic E-state index is 0.178. The van der Waals surface area contributed by atoms with E-state index in [0.717, 1.165) is 31.4 Å². The number of hydrogen-bond acceptors (Lipinski definition) is 3. The van der Waals surface area contributed by atoms with Crippen molar-refractivity contribution in [3.8, 4) is 0 Å². The fraction of sp³-hybridized carbons (Fsp3) is 0.538. The summed E-state index contributed by atoms with van der Waals surface area (Å²) in [7, 11) is 0. The van der Waals surface area contributed by atoms with Crippen molar-refractivity contribution in [1.82, 2.24) is 0 Å². The summed E-state index contributed by atoms with van der Waals surface area (Å²) in [4.78, 5) is 9.63. The Morgan fingerprint density at radius 3 is 2.70 bits per heavy atom. The number of nitro groups is 1. The Morgan fingerprint density at radius 1 is 1.45 bits per heavy atom. The molecular formula is C13H15F3N2O2. The Bertz CT molecular complexity index is 517. The average Bonchev–Trinajstić information content (AvgIpc) is 3.06. The Labute approximate surface area is 114 Å². The molecule has 1 aromatic carbocycles. The van der Waals surface area contributed by atoms with Crippen LogP contribution in [0.4, 0.5) is 24.5 Å². The highest BCUT2D eigenvalue weighted by Crippen LogP contribution is 2.40. The first-order valence-electron chi connectivity index (χ1n) is 6.45. The summed E-state index contributed by atoms with van der Waals surface area (Å²) < 4.78 is 38.4. The molecule has 1 N–H and O–H groups in total. The second-order valence-corrected chi connectivity index (χ2v) is 5.02. The molecule has 2 rings (SSSR count). The molecule has 0 heterocycles. The van der Waals surface area contributed by atoms with Gasteiger partial charge in [-0.15, -0.1) is 0 Å². The van der Waals surface area contributed by atoms with E-state index >= 15 is 0 Å². The van der Waals surface area contributed by atoms with Crippen LogP contribution in [0.15, 0.2) is 18.2 Å². The molecule has 0 saturated heterocycles. The molecule has 1 fully saturated rings. The van der Waals surface area contributed by atoms with Gasteiger partial charge < -0.3 is 5.32 Å². The molecule has 4 nitrogen and oxygen atoms in total. The molecule has 1 aliphatic rings. The molecular weight excluding hydrogens is 273 g/mol. The summed E-state index contributed by atoms with van der Waals surface area (Å²) >= 11 is 0. The van der Waals surface area contributed by atoms with Gasteiger partial charge >= 0.3 is 6.18 Å². The monoisotopic (exact) mass is 288 g/mol. The van der Waals surface area contributed by atoms with Crippen molar-refractivity contribution < 1.29 is 18.1 Å². The molecule has 110 valence electrons. The molecule has 0 aliphatic heterocycles. The highest BCUT2D eigenvalue weighted by molar-refractivity contribution is 5.56. The van der Waals surface area contributed by atoms with Gasteiger partial charge in [-0.05, 0) is 30.9 Å². The van der Waals surface area contributed by atoms with E-state index in [1.807, 2.05) is 0 Å². The molecule has 1 saturated carbocycles. The van der Waals surface area contributed by atoms with Gasteiger partial charge in [0, 0.05) is 17.8 Å². The quantitative estimate of drug-likeness (QED) is 0.652. The summed E-state index contributed by atoms with van der Waals surface area (Å²) in [6.45, 7) is 2.06. The third kappa shape index (κ3) is 3.20. The average molecular weight is 288 g/mol. The van der Waals surface area contributed by atoms with Crippen LogP contribution in [0.1, 0.15) is 31.7 Å². The molecule has 1 aliphatic carbocycles. The van der Waals surface area contributed by atoms with E-state index in [9.17, 15) is 23.3 Å². The van der Waals surface area contributed by atoms with Crippen molar-refractivity contribution in [3.05, 3.63) is 33.9 Å². The molecule has 2 atom stereocenters. The summed E-state index contributed by atoms with van der Waals surface area (Å²) in [5.74, 6) is 0.490. The van der Waals surface area contributed by atoms with Crippen molar-refractivity contribution in [1.29, 1.82) is 0 Å². The lowest BCUT2D eigenvalue weighted by Crippen LogP contribution is -2.11. The van der Waals surface area contributed by atoms with E-state index < -0.39 is 22.4 Å². The first kappa shape index (κ1) is 14.6. The summed E-state index contributed by atoms with van der Waals surface area (Å²) in [6.07, 6.45) is -1.72. The fourth-order valence-corrected chi connectivity index (χ4v) is 2.34. The van der Waals surface area contributed by atoms with Crippen molar-refractivity contribution in [3.63, 3.8) is 0 Å². The van der Waals surface area contributed by atoms with E-state index in [1.165, 1.54) is 6.07 Å². The van der Waals surface area contributed by atoms with Crippen LogP contribution in [0.25, 0.3) is 0 Å². The maximum absolute atomic E-state index is 12.8. The van der Waals surface area contributed by atoms with Gasteiger partial charge in [-0.3, -0.25) is 10.1 Å². The Hall–Kier alpha value is -1.79. The normalized spacial score (nSPS) is 21.6. The maximum Gasteiger partial charge on any atom is 0.423 e. The van der Waals surface area contributed by atoms with Gasteiger partial charge in [0.05, 0.1) is 4.92 Å². The maximum atomic E-state index is 12.8. The van der Waals surface area contributed by atoms with Gasteiger partial charge in [-0.2, -0.15) is 13.2 Å². The second kappa shape index (κ2) is 5.30. The van der Waals surface area contributed by atoms with Crippen molar-refractivity contribution >= 4 is 11.4 Å². The Morgan fingerprint density at radius 2 is 2.15 bits per heavy atom. The number of halogens is 3. The summed E-state index contributed by atoms with van der Waals surface area (Å²) in [5.41, 5.74) is -1.84. The van der Waals surface area contributed by atoms with Crippen molar-refractivity contribution in [2.45, 2.75) is 38.4 Å². The highest BCUT2D eigenvalue weighted by atomic mass is 19.4. The molecule has 2 unspecified atom stereocenters. The van der Waals surface area contributed by atoms with Crippen molar-refractivity contribution in [2.24, 2.45) is 5.92 Å². The van der Waals surface area contributed by atoms with Gasteiger partial charge in [-0.1, -0.05) is 13.3 Å². The second-order valence-electron chi connectivity index (χ2n) is 5.02. The standard InChI is InChI=1S/C13H15F3N2O2/c1-2-3-8-6-11(8)17-9-4-5-12(18(19)20)10(7-9)13(14,15)16/h4-5,7-8,11,17H,2-3,6H2,1H3. The van der Waals surface area contributed by atoms with E-state index in [-0.39, 0.29) is 11.7 Å². The number of rotatable bonds is 5. The fourth-order valence-electron chi connectivity index (χ4n) is 2.34. The first-order valence-corrected chi connectivity index (χ1v) is 6.45.